The number of hydrogen-bond acceptors (Lipinski definition) is 21. The Morgan fingerprint density at radius 2 is 0.692 bits per heavy atom. The molecule has 0 bridgehead atoms. The lowest BCUT2D eigenvalue weighted by Gasteiger charge is -2.25. The fraction of sp³-hybridized carbons (Fsp3) is 1.00. The van der Waals surface area contributed by atoms with Crippen LogP contribution >= 0.6 is 0 Å². The topological polar surface area (TPSA) is 315 Å². The van der Waals surface area contributed by atoms with Gasteiger partial charge < -0.3 is 104 Å². The van der Waals surface area contributed by atoms with E-state index in [9.17, 15) is 46.0 Å². The lowest BCUT2D eigenvalue weighted by molar-refractivity contribution is -0.241. The molecule has 0 aliphatic carbocycles. The number of aliphatic hydroxyl groups is 11. The van der Waals surface area contributed by atoms with E-state index in [-0.39, 0.29) is 108 Å². The minimum Gasteiger partial charge on any atom is -0.396 e. The first-order chi connectivity index (χ1) is 57.8. The van der Waals surface area contributed by atoms with Gasteiger partial charge in [-0.05, 0) is 221 Å². The monoisotopic (exact) mass is 1930 g/mol. The zero-order chi connectivity index (χ0) is 103. The quantitative estimate of drug-likeness (QED) is 0.0253. The van der Waals surface area contributed by atoms with E-state index in [0.717, 1.165) is 129 Å². The van der Waals surface area contributed by atoms with Gasteiger partial charge in [-0.1, -0.05) is 333 Å². The number of methoxy groups -OCH3 is 3. The van der Waals surface area contributed by atoms with Crippen LogP contribution < -0.4 is 0 Å². The first-order valence-corrected chi connectivity index (χ1v) is 50.0. The zero-order valence-electron chi connectivity index (χ0n) is 93.5. The molecule has 11 N–H and O–H groups in total. The van der Waals surface area contributed by atoms with Gasteiger partial charge in [-0.2, -0.15) is 0 Å². The molecule has 0 aromatic rings. The minimum absolute atomic E-state index is 0. The summed E-state index contributed by atoms with van der Waals surface area (Å²) in [5, 5.41) is 102. The fourth-order valence-electron chi connectivity index (χ4n) is 12.0. The number of hydrogen-bond donors (Lipinski definition) is 11. The van der Waals surface area contributed by atoms with Crippen LogP contribution in [0.2, 0.25) is 0 Å². The maximum Gasteiger partial charge on any atom is 0.272 e. The van der Waals surface area contributed by atoms with Crippen LogP contribution in [0.5, 0.6) is 0 Å². The molecule has 14 atom stereocenters. The average Bonchev–Trinajstić information content (AvgIpc) is 1.71. The smallest absolute Gasteiger partial charge is 0.272 e. The maximum atomic E-state index is 9.56. The van der Waals surface area contributed by atoms with Crippen molar-refractivity contribution in [1.29, 1.82) is 0 Å². The van der Waals surface area contributed by atoms with Crippen molar-refractivity contribution in [2.75, 3.05) is 94.0 Å². The lowest BCUT2D eigenvalue weighted by Crippen LogP contribution is -2.33. The number of aliphatic hydroxyl groups excluding tert-OH is 11. The predicted molar refractivity (Wildman–Crippen MR) is 576 cm³/mol. The van der Waals surface area contributed by atoms with Gasteiger partial charge in [0.2, 0.25) is 0 Å². The van der Waals surface area contributed by atoms with Crippen molar-refractivity contribution in [3.05, 3.63) is 0 Å². The van der Waals surface area contributed by atoms with Gasteiger partial charge in [-0.3, -0.25) is 0 Å². The largest absolute Gasteiger partial charge is 0.396 e. The molecule has 21 heteroatoms. The van der Waals surface area contributed by atoms with Crippen LogP contribution in [0.15, 0.2) is 0 Å². The van der Waals surface area contributed by atoms with Crippen LogP contribution in [0, 0.1) is 65.5 Å². The molecule has 21 nitrogen and oxygen atoms in total. The number of ether oxygens (including phenoxy) is 10. The summed E-state index contributed by atoms with van der Waals surface area (Å²) in [6.45, 7) is 95.3. The predicted octanol–water partition coefficient (Wildman–Crippen LogP) is 27.5. The van der Waals surface area contributed by atoms with Crippen molar-refractivity contribution in [2.24, 2.45) is 65.5 Å². The van der Waals surface area contributed by atoms with Crippen molar-refractivity contribution in [3.8, 4) is 0 Å². The summed E-state index contributed by atoms with van der Waals surface area (Å²) < 4.78 is 53.0. The molecule has 0 aromatic heterocycles. The molecule has 2 saturated heterocycles. The molecule has 0 spiro atoms. The third kappa shape index (κ3) is 140. The van der Waals surface area contributed by atoms with Gasteiger partial charge >= 0.3 is 0 Å². The number of rotatable bonds is 42. The standard InChI is InChI=1S/C12H24O3.C12H24O2.C11H24O3.C11H24O2.C10H22O.2C9H20O3.3C9H20O.C6H14O.5CH4/c1-6-9-10(8-12(3,4)5)15-11(14-9)13-7-2;1-11(2,3)8-6-7-10-9-13-12(4,5)14-10;1-11(2,3)5-6-13-9-10-14-8-7-12-4;1-5-6-9(12)10(13)7-8-11(2,3)4;1-5-9(11)7-6-8-10(2,3)4;2*1-9(2,3)5-7(10)8(11)6-12-4;1-5-8(7-10)6-9(2,3)4;2*1-5-8(10)6-7-9(2,3)4;1-6(2,3)4-5-7;;;;;/h9-11H,6-8H2,1-5H3;10H,6-9H2,1-5H3;5-10H2,1-4H3;9-10,12-13H,5-8H2,1-4H3;9,11H,5-8H2,1-4H3;2*7-8,10-11H,5-6H2,1-4H3;3*8,10H,5-7H2,1-4H3;7H,4-5H2,1-3H3;5*1H4/t9-,10-,11?;10-;;;9-;2*7-,8-;;2*8-;;;;;;/m10..110.10....../s1. The molecule has 2 fully saturated rings. The van der Waals surface area contributed by atoms with Gasteiger partial charge in [0.1, 0.15) is 12.2 Å². The summed E-state index contributed by atoms with van der Waals surface area (Å²) in [5.74, 6) is 0.145. The fourth-order valence-corrected chi connectivity index (χ4v) is 12.0. The van der Waals surface area contributed by atoms with Crippen molar-refractivity contribution in [3.63, 3.8) is 0 Å². The van der Waals surface area contributed by atoms with E-state index in [1.807, 2.05) is 90.0 Å². The van der Waals surface area contributed by atoms with Gasteiger partial charge in [0.15, 0.2) is 5.79 Å². The third-order valence-corrected chi connectivity index (χ3v) is 20.2. The van der Waals surface area contributed by atoms with Gasteiger partial charge in [-0.25, -0.2) is 0 Å². The van der Waals surface area contributed by atoms with Crippen molar-refractivity contribution < 1.29 is 104 Å². The first kappa shape index (κ1) is 163. The van der Waals surface area contributed by atoms with Crippen LogP contribution in [0.1, 0.15) is 488 Å². The highest BCUT2D eigenvalue weighted by molar-refractivity contribution is 4.81. The molecule has 826 valence electrons. The van der Waals surface area contributed by atoms with Crippen molar-refractivity contribution >= 4 is 0 Å². The van der Waals surface area contributed by atoms with E-state index in [4.69, 9.17) is 57.6 Å². The molecule has 2 rings (SSSR count). The second-order valence-corrected chi connectivity index (χ2v) is 49.5. The highest BCUT2D eigenvalue weighted by atomic mass is 16.9. The Labute approximate surface area is 832 Å². The molecule has 2 aliphatic rings. The Balaban J connectivity index is -0.0000000977. The molecule has 2 aliphatic heterocycles. The Morgan fingerprint density at radius 1 is 0.346 bits per heavy atom. The summed E-state index contributed by atoms with van der Waals surface area (Å²) >= 11 is 0. The second-order valence-electron chi connectivity index (χ2n) is 49.5. The van der Waals surface area contributed by atoms with Gasteiger partial charge in [0.05, 0.1) is 107 Å². The summed E-state index contributed by atoms with van der Waals surface area (Å²) in [6.07, 6.45) is 20.8. The summed E-state index contributed by atoms with van der Waals surface area (Å²) in [5.41, 5.74) is 3.21. The molecule has 133 heavy (non-hydrogen) atoms. The summed E-state index contributed by atoms with van der Waals surface area (Å²) in [7, 11) is 4.68. The Bertz CT molecular complexity index is 2260. The Hall–Kier alpha value is -0.840. The highest BCUT2D eigenvalue weighted by Gasteiger charge is 2.38. The van der Waals surface area contributed by atoms with Crippen LogP contribution in [-0.4, -0.2) is 236 Å². The molecule has 0 aromatic carbocycles. The average molecular weight is 1940 g/mol. The Kier molecular flexibility index (Phi) is 107. The summed E-state index contributed by atoms with van der Waals surface area (Å²) in [6, 6.07) is 0. The van der Waals surface area contributed by atoms with E-state index >= 15 is 0 Å². The molecule has 0 amide bonds. The van der Waals surface area contributed by atoms with Crippen LogP contribution in [0.4, 0.5) is 0 Å². The van der Waals surface area contributed by atoms with Crippen molar-refractivity contribution in [2.45, 2.75) is 574 Å². The molecule has 0 radical (unpaired) electrons. The highest BCUT2D eigenvalue weighted by Crippen LogP contribution is 2.34. The van der Waals surface area contributed by atoms with E-state index in [1.54, 1.807) is 7.11 Å². The van der Waals surface area contributed by atoms with E-state index < -0.39 is 43.1 Å². The molecule has 2 heterocycles. The van der Waals surface area contributed by atoms with Gasteiger partial charge in [0.25, 0.3) is 6.48 Å². The third-order valence-electron chi connectivity index (χ3n) is 20.2. The van der Waals surface area contributed by atoms with Crippen LogP contribution in [0.3, 0.4) is 0 Å². The maximum absolute atomic E-state index is 9.56. The lowest BCUT2D eigenvalue weighted by atomic mass is 9.84. The summed E-state index contributed by atoms with van der Waals surface area (Å²) in [4.78, 5) is 0. The van der Waals surface area contributed by atoms with E-state index in [2.05, 4.69) is 201 Å². The molecule has 4 unspecified atom stereocenters. The zero-order valence-corrected chi connectivity index (χ0v) is 93.5. The van der Waals surface area contributed by atoms with Gasteiger partial charge in [0, 0.05) is 47.8 Å². The van der Waals surface area contributed by atoms with Gasteiger partial charge in [-0.15, -0.1) is 0 Å². The normalized spacial score (nSPS) is 17.9. The SMILES string of the molecule is C.C.C.C.C.CC(C)(C)CCC[C@H]1COC(C)(C)O1.CC(C)(C)CCO.CCC(CO)CC(C)(C)C.CCCC(O)C(O)CCC(C)(C)C.CCOC1O[C@H](CC)[C@@H](CC(C)(C)C)O1.CC[C@@H](O)CCC(C)(C)C.CC[C@@H](O)CCCC(C)(C)C.CC[C@H](O)CCC(C)(C)C.COCCOCCOCCC(C)(C)C.COC[C@@H](O)[C@H](O)CC(C)(C)C.COC[C@H](O)[C@@H](O)CC(C)(C)C. The van der Waals surface area contributed by atoms with E-state index in [0.29, 0.717) is 122 Å². The molecular weight excluding hydrogens is 1680 g/mol. The first-order valence-electron chi connectivity index (χ1n) is 50.0. The minimum atomic E-state index is -0.769. The van der Waals surface area contributed by atoms with Crippen LogP contribution in [0.25, 0.3) is 0 Å². The second kappa shape index (κ2) is 87.7. The van der Waals surface area contributed by atoms with E-state index in [1.165, 1.54) is 33.5 Å². The Morgan fingerprint density at radius 3 is 0.970 bits per heavy atom. The van der Waals surface area contributed by atoms with Crippen molar-refractivity contribution in [1.82, 2.24) is 0 Å². The van der Waals surface area contributed by atoms with Crippen LogP contribution in [-0.2, 0) is 47.4 Å². The molecule has 0 saturated carbocycles. The molecular formula is C112H252O21.